The van der Waals surface area contributed by atoms with E-state index in [-0.39, 0.29) is 10.9 Å². The second-order valence-electron chi connectivity index (χ2n) is 5.54. The molecule has 0 unspecified atom stereocenters. The number of benzene rings is 1. The Morgan fingerprint density at radius 3 is 2.40 bits per heavy atom. The minimum absolute atomic E-state index is 0.268. The molecule has 2 rings (SSSR count). The number of nitrogens with zero attached hydrogens (tertiary/aromatic N) is 2. The zero-order valence-electron chi connectivity index (χ0n) is 12.3. The number of aryl methyl sites for hydroxylation is 1. The van der Waals surface area contributed by atoms with E-state index in [0.717, 1.165) is 31.4 Å². The standard InChI is InChI=1S/C15H22N2O2S/c1-12(2)17-11-5-4-6-15(17)16-20(18,19)14-9-7-13(3)8-10-14/h7-10,12H,4-6,11H2,1-3H3/b16-15+. The van der Waals surface area contributed by atoms with Crippen molar-refractivity contribution in [3.05, 3.63) is 29.8 Å². The van der Waals surface area contributed by atoms with Crippen LogP contribution in [0.25, 0.3) is 0 Å². The number of rotatable bonds is 3. The summed E-state index contributed by atoms with van der Waals surface area (Å²) < 4.78 is 28.8. The molecule has 5 heteroatoms. The second-order valence-corrected chi connectivity index (χ2v) is 7.14. The molecule has 0 aromatic heterocycles. The molecule has 4 nitrogen and oxygen atoms in total. The number of amidine groups is 1. The van der Waals surface area contributed by atoms with Gasteiger partial charge in [-0.15, -0.1) is 4.40 Å². The molecule has 1 aromatic carbocycles. The average molecular weight is 294 g/mol. The summed E-state index contributed by atoms with van der Waals surface area (Å²) in [5.74, 6) is 0.701. The summed E-state index contributed by atoms with van der Waals surface area (Å²) in [6.45, 7) is 6.96. The van der Waals surface area contributed by atoms with Crippen LogP contribution < -0.4 is 0 Å². The molecule has 0 amide bonds. The molecule has 110 valence electrons. The summed E-state index contributed by atoms with van der Waals surface area (Å²) in [7, 11) is -3.60. The molecule has 1 aliphatic heterocycles. The molecule has 0 radical (unpaired) electrons. The van der Waals surface area contributed by atoms with Crippen molar-refractivity contribution in [3.8, 4) is 0 Å². The van der Waals surface area contributed by atoms with Gasteiger partial charge in [-0.05, 0) is 45.7 Å². The van der Waals surface area contributed by atoms with Crippen LogP contribution in [0.2, 0.25) is 0 Å². The van der Waals surface area contributed by atoms with Gasteiger partial charge in [0.25, 0.3) is 10.0 Å². The molecule has 1 aliphatic rings. The van der Waals surface area contributed by atoms with Crippen LogP contribution in [0.1, 0.15) is 38.7 Å². The Kier molecular flexibility index (Phi) is 4.48. The molecule has 0 saturated carbocycles. The van der Waals surface area contributed by atoms with Gasteiger partial charge in [0.1, 0.15) is 5.84 Å². The number of piperidine rings is 1. The minimum atomic E-state index is -3.60. The maximum atomic E-state index is 12.4. The fourth-order valence-electron chi connectivity index (χ4n) is 2.39. The molecule has 1 saturated heterocycles. The van der Waals surface area contributed by atoms with Crippen molar-refractivity contribution in [2.45, 2.75) is 51.0 Å². The van der Waals surface area contributed by atoms with Crippen LogP contribution in [-0.2, 0) is 10.0 Å². The molecule has 20 heavy (non-hydrogen) atoms. The van der Waals surface area contributed by atoms with E-state index >= 15 is 0 Å². The summed E-state index contributed by atoms with van der Waals surface area (Å²) in [5.41, 5.74) is 1.04. The fourth-order valence-corrected chi connectivity index (χ4v) is 3.45. The highest BCUT2D eigenvalue weighted by atomic mass is 32.2. The van der Waals surface area contributed by atoms with E-state index in [1.165, 1.54) is 0 Å². The van der Waals surface area contributed by atoms with Crippen LogP contribution in [0.15, 0.2) is 33.6 Å². The molecule has 1 heterocycles. The molecule has 0 bridgehead atoms. The van der Waals surface area contributed by atoms with Gasteiger partial charge in [-0.1, -0.05) is 17.7 Å². The molecule has 1 fully saturated rings. The van der Waals surface area contributed by atoms with Crippen LogP contribution in [0.4, 0.5) is 0 Å². The van der Waals surface area contributed by atoms with E-state index in [1.54, 1.807) is 24.3 Å². The van der Waals surface area contributed by atoms with Gasteiger partial charge >= 0.3 is 0 Å². The fraction of sp³-hybridized carbons (Fsp3) is 0.533. The largest absolute Gasteiger partial charge is 0.357 e. The number of likely N-dealkylation sites (tertiary alicyclic amines) is 1. The zero-order valence-corrected chi connectivity index (χ0v) is 13.2. The molecule has 1 aromatic rings. The maximum absolute atomic E-state index is 12.4. The predicted molar refractivity (Wildman–Crippen MR) is 81.5 cm³/mol. The lowest BCUT2D eigenvalue weighted by Crippen LogP contribution is -2.40. The predicted octanol–water partition coefficient (Wildman–Crippen LogP) is 2.98. The van der Waals surface area contributed by atoms with Crippen molar-refractivity contribution >= 4 is 15.9 Å². The zero-order chi connectivity index (χ0) is 14.8. The molecular formula is C15H22N2O2S. The van der Waals surface area contributed by atoms with Gasteiger partial charge in [0.05, 0.1) is 4.90 Å². The van der Waals surface area contributed by atoms with Gasteiger partial charge < -0.3 is 4.90 Å². The SMILES string of the molecule is Cc1ccc(S(=O)(=O)/N=C2\CCCCN2C(C)C)cc1. The van der Waals surface area contributed by atoms with Crippen LogP contribution in [0.5, 0.6) is 0 Å². The highest BCUT2D eigenvalue weighted by molar-refractivity contribution is 7.90. The molecule has 0 spiro atoms. The van der Waals surface area contributed by atoms with E-state index in [9.17, 15) is 8.42 Å². The average Bonchev–Trinajstić information content (AvgIpc) is 2.39. The lowest BCUT2D eigenvalue weighted by molar-refractivity contribution is 0.314. The summed E-state index contributed by atoms with van der Waals surface area (Å²) >= 11 is 0. The maximum Gasteiger partial charge on any atom is 0.283 e. The van der Waals surface area contributed by atoms with Gasteiger partial charge in [-0.3, -0.25) is 0 Å². The van der Waals surface area contributed by atoms with Gasteiger partial charge in [-0.2, -0.15) is 8.42 Å². The first-order valence-corrected chi connectivity index (χ1v) is 8.51. The highest BCUT2D eigenvalue weighted by Gasteiger charge is 2.22. The lowest BCUT2D eigenvalue weighted by atomic mass is 10.1. The van der Waals surface area contributed by atoms with Crippen molar-refractivity contribution in [3.63, 3.8) is 0 Å². The highest BCUT2D eigenvalue weighted by Crippen LogP contribution is 2.19. The Hall–Kier alpha value is -1.36. The topological polar surface area (TPSA) is 49.7 Å². The van der Waals surface area contributed by atoms with Crippen molar-refractivity contribution in [1.29, 1.82) is 0 Å². The smallest absolute Gasteiger partial charge is 0.283 e. The Morgan fingerprint density at radius 2 is 1.80 bits per heavy atom. The third kappa shape index (κ3) is 3.39. The molecule has 0 aliphatic carbocycles. The first-order chi connectivity index (χ1) is 9.40. The van der Waals surface area contributed by atoms with Crippen molar-refractivity contribution < 1.29 is 8.42 Å². The van der Waals surface area contributed by atoms with E-state index in [4.69, 9.17) is 0 Å². The van der Waals surface area contributed by atoms with E-state index in [0.29, 0.717) is 5.84 Å². The van der Waals surface area contributed by atoms with Crippen molar-refractivity contribution in [2.75, 3.05) is 6.54 Å². The molecular weight excluding hydrogens is 272 g/mol. The van der Waals surface area contributed by atoms with Crippen LogP contribution in [-0.4, -0.2) is 31.7 Å². The Labute approximate surface area is 121 Å². The van der Waals surface area contributed by atoms with Gasteiger partial charge in [0, 0.05) is 19.0 Å². The summed E-state index contributed by atoms with van der Waals surface area (Å²) in [4.78, 5) is 2.36. The van der Waals surface area contributed by atoms with Gasteiger partial charge in [-0.25, -0.2) is 0 Å². The number of hydrogen-bond acceptors (Lipinski definition) is 2. The molecule has 0 N–H and O–H groups in total. The minimum Gasteiger partial charge on any atom is -0.357 e. The number of hydrogen-bond donors (Lipinski definition) is 0. The summed E-state index contributed by atoms with van der Waals surface area (Å²) in [6.07, 6.45) is 2.84. The first kappa shape index (κ1) is 15.0. The van der Waals surface area contributed by atoms with E-state index in [1.807, 2.05) is 6.92 Å². The monoisotopic (exact) mass is 294 g/mol. The van der Waals surface area contributed by atoms with Gasteiger partial charge in [0.15, 0.2) is 0 Å². The Bertz CT molecular complexity index is 589. The van der Waals surface area contributed by atoms with Gasteiger partial charge in [0.2, 0.25) is 0 Å². The van der Waals surface area contributed by atoms with Crippen LogP contribution >= 0.6 is 0 Å². The summed E-state index contributed by atoms with van der Waals surface area (Å²) in [5, 5.41) is 0. The third-order valence-electron chi connectivity index (χ3n) is 3.55. The van der Waals surface area contributed by atoms with Crippen LogP contribution in [0, 0.1) is 6.92 Å². The molecule has 0 atom stereocenters. The number of sulfonamides is 1. The quantitative estimate of drug-likeness (QED) is 0.861. The first-order valence-electron chi connectivity index (χ1n) is 7.07. The van der Waals surface area contributed by atoms with Crippen LogP contribution in [0.3, 0.4) is 0 Å². The third-order valence-corrected chi connectivity index (χ3v) is 4.87. The van der Waals surface area contributed by atoms with Crippen molar-refractivity contribution in [2.24, 2.45) is 4.40 Å². The van der Waals surface area contributed by atoms with Crippen molar-refractivity contribution in [1.82, 2.24) is 4.90 Å². The normalized spacial score (nSPS) is 18.8. The Balaban J connectivity index is 2.33. The Morgan fingerprint density at radius 1 is 1.15 bits per heavy atom. The second kappa shape index (κ2) is 5.95. The van der Waals surface area contributed by atoms with E-state index < -0.39 is 10.0 Å². The van der Waals surface area contributed by atoms with E-state index in [2.05, 4.69) is 23.1 Å². The lowest BCUT2D eigenvalue weighted by Gasteiger charge is -2.33. The summed E-state index contributed by atoms with van der Waals surface area (Å²) in [6, 6.07) is 7.12.